The Morgan fingerprint density at radius 3 is 2.58 bits per heavy atom. The standard InChI is InChI=1S/C22H19F3N4O2/c1-28(14-19(30)27-18-9-8-17(23)21(24)22(18)25)20(31)10-7-16-11-26-29(13-16)12-15-5-3-2-4-6-15/h2-11,13H,12,14H2,1H3,(H,27,30)/b10-7+. The zero-order valence-corrected chi connectivity index (χ0v) is 16.6. The van der Waals surface area contributed by atoms with E-state index in [4.69, 9.17) is 0 Å². The average Bonchev–Trinajstić information content (AvgIpc) is 3.20. The minimum atomic E-state index is -1.68. The zero-order chi connectivity index (χ0) is 22.4. The van der Waals surface area contributed by atoms with E-state index < -0.39 is 41.5 Å². The lowest BCUT2D eigenvalue weighted by Crippen LogP contribution is -2.34. The van der Waals surface area contributed by atoms with Crippen LogP contribution >= 0.6 is 0 Å². The number of aromatic nitrogens is 2. The molecule has 160 valence electrons. The topological polar surface area (TPSA) is 67.2 Å². The van der Waals surface area contributed by atoms with Gasteiger partial charge in [0.2, 0.25) is 11.8 Å². The number of amides is 2. The van der Waals surface area contributed by atoms with Crippen molar-refractivity contribution in [1.29, 1.82) is 0 Å². The molecular weight excluding hydrogens is 409 g/mol. The first-order valence-electron chi connectivity index (χ1n) is 9.26. The molecule has 0 aliphatic rings. The maximum Gasteiger partial charge on any atom is 0.246 e. The molecule has 0 radical (unpaired) electrons. The van der Waals surface area contributed by atoms with Gasteiger partial charge in [-0.25, -0.2) is 13.2 Å². The van der Waals surface area contributed by atoms with Gasteiger partial charge in [-0.1, -0.05) is 30.3 Å². The molecule has 2 aromatic carbocycles. The Bertz CT molecular complexity index is 1110. The minimum absolute atomic E-state index is 0.408. The van der Waals surface area contributed by atoms with E-state index in [0.29, 0.717) is 18.2 Å². The third-order valence-corrected chi connectivity index (χ3v) is 4.33. The van der Waals surface area contributed by atoms with Crippen molar-refractivity contribution in [3.63, 3.8) is 0 Å². The van der Waals surface area contributed by atoms with E-state index in [-0.39, 0.29) is 0 Å². The molecule has 1 N–H and O–H groups in total. The third-order valence-electron chi connectivity index (χ3n) is 4.33. The highest BCUT2D eigenvalue weighted by molar-refractivity contribution is 5.97. The number of nitrogens with one attached hydrogen (secondary N) is 1. The highest BCUT2D eigenvalue weighted by Crippen LogP contribution is 2.19. The Morgan fingerprint density at radius 2 is 1.84 bits per heavy atom. The molecule has 0 spiro atoms. The van der Waals surface area contributed by atoms with Crippen molar-refractivity contribution in [2.45, 2.75) is 6.54 Å². The van der Waals surface area contributed by atoms with Gasteiger partial charge >= 0.3 is 0 Å². The van der Waals surface area contributed by atoms with Crippen LogP contribution < -0.4 is 5.32 Å². The lowest BCUT2D eigenvalue weighted by atomic mass is 10.2. The first-order valence-corrected chi connectivity index (χ1v) is 9.26. The van der Waals surface area contributed by atoms with Gasteiger partial charge in [-0.2, -0.15) is 5.10 Å². The van der Waals surface area contributed by atoms with Gasteiger partial charge < -0.3 is 10.2 Å². The molecule has 0 saturated carbocycles. The van der Waals surface area contributed by atoms with E-state index in [2.05, 4.69) is 10.4 Å². The van der Waals surface area contributed by atoms with E-state index in [1.165, 1.54) is 13.1 Å². The monoisotopic (exact) mass is 428 g/mol. The Morgan fingerprint density at radius 1 is 1.10 bits per heavy atom. The molecule has 0 bridgehead atoms. The smallest absolute Gasteiger partial charge is 0.246 e. The Hall–Kier alpha value is -3.88. The van der Waals surface area contributed by atoms with Gasteiger partial charge in [-0.15, -0.1) is 0 Å². The van der Waals surface area contributed by atoms with Crippen molar-refractivity contribution >= 4 is 23.6 Å². The molecule has 0 aliphatic heterocycles. The molecular formula is C22H19F3N4O2. The van der Waals surface area contributed by atoms with Gasteiger partial charge in [0.25, 0.3) is 0 Å². The molecule has 3 aromatic rings. The molecule has 0 fully saturated rings. The van der Waals surface area contributed by atoms with Gasteiger partial charge in [-0.05, 0) is 23.8 Å². The minimum Gasteiger partial charge on any atom is -0.333 e. The van der Waals surface area contributed by atoms with E-state index >= 15 is 0 Å². The molecule has 9 heteroatoms. The van der Waals surface area contributed by atoms with Crippen molar-refractivity contribution in [2.24, 2.45) is 0 Å². The number of benzene rings is 2. The van der Waals surface area contributed by atoms with Crippen molar-refractivity contribution in [3.05, 3.63) is 89.5 Å². The highest BCUT2D eigenvalue weighted by atomic mass is 19.2. The Kier molecular flexibility index (Phi) is 6.86. The summed E-state index contributed by atoms with van der Waals surface area (Å²) in [5, 5.41) is 6.35. The van der Waals surface area contributed by atoms with Crippen LogP contribution in [0.15, 0.2) is 60.9 Å². The number of anilines is 1. The molecule has 1 aromatic heterocycles. The van der Waals surface area contributed by atoms with Crippen molar-refractivity contribution in [3.8, 4) is 0 Å². The van der Waals surface area contributed by atoms with Gasteiger partial charge in [0, 0.05) is 24.9 Å². The lowest BCUT2D eigenvalue weighted by Gasteiger charge is -2.15. The molecule has 0 saturated heterocycles. The summed E-state index contributed by atoms with van der Waals surface area (Å²) in [6.45, 7) is 0.179. The summed E-state index contributed by atoms with van der Waals surface area (Å²) in [6.07, 6.45) is 6.20. The first-order chi connectivity index (χ1) is 14.8. The van der Waals surface area contributed by atoms with Gasteiger partial charge in [-0.3, -0.25) is 14.3 Å². The predicted octanol–water partition coefficient (Wildman–Crippen LogP) is 3.46. The molecule has 0 aliphatic carbocycles. The summed E-state index contributed by atoms with van der Waals surface area (Å²) in [6, 6.07) is 11.4. The SMILES string of the molecule is CN(CC(=O)Nc1ccc(F)c(F)c1F)C(=O)/C=C/c1cnn(Cc2ccccc2)c1. The van der Waals surface area contributed by atoms with E-state index in [9.17, 15) is 22.8 Å². The van der Waals surface area contributed by atoms with Crippen LogP contribution in [-0.2, 0) is 16.1 Å². The summed E-state index contributed by atoms with van der Waals surface area (Å²) in [4.78, 5) is 25.3. The van der Waals surface area contributed by atoms with Gasteiger partial charge in [0.15, 0.2) is 17.5 Å². The molecule has 0 unspecified atom stereocenters. The van der Waals surface area contributed by atoms with E-state index in [1.54, 1.807) is 23.2 Å². The lowest BCUT2D eigenvalue weighted by molar-refractivity contribution is -0.129. The molecule has 1 heterocycles. The van der Waals surface area contributed by atoms with Crippen LogP contribution in [0.5, 0.6) is 0 Å². The van der Waals surface area contributed by atoms with Crippen LogP contribution in [0.25, 0.3) is 6.08 Å². The molecule has 2 amide bonds. The van der Waals surface area contributed by atoms with Crippen molar-refractivity contribution in [2.75, 3.05) is 18.9 Å². The van der Waals surface area contributed by atoms with Crippen LogP contribution in [0.3, 0.4) is 0 Å². The molecule has 31 heavy (non-hydrogen) atoms. The number of hydrogen-bond donors (Lipinski definition) is 1. The number of carbonyl (C=O) groups is 2. The first kappa shape index (κ1) is 21.8. The average molecular weight is 428 g/mol. The van der Waals surface area contributed by atoms with Crippen LogP contribution in [0, 0.1) is 17.5 Å². The number of rotatable bonds is 7. The number of likely N-dealkylation sites (N-methyl/N-ethyl adjacent to an activating group) is 1. The zero-order valence-electron chi connectivity index (χ0n) is 16.6. The van der Waals surface area contributed by atoms with E-state index in [0.717, 1.165) is 16.5 Å². The molecule has 3 rings (SSSR count). The molecule has 0 atom stereocenters. The summed E-state index contributed by atoms with van der Waals surface area (Å²) >= 11 is 0. The second kappa shape index (κ2) is 9.75. The number of hydrogen-bond acceptors (Lipinski definition) is 3. The van der Waals surface area contributed by atoms with E-state index in [1.807, 2.05) is 30.3 Å². The second-order valence-electron chi connectivity index (χ2n) is 6.76. The van der Waals surface area contributed by atoms with Crippen LogP contribution in [0.4, 0.5) is 18.9 Å². The fourth-order valence-corrected chi connectivity index (χ4v) is 2.72. The highest BCUT2D eigenvalue weighted by Gasteiger charge is 2.17. The third kappa shape index (κ3) is 5.81. The molecule has 6 nitrogen and oxygen atoms in total. The predicted molar refractivity (Wildman–Crippen MR) is 109 cm³/mol. The Labute approximate surface area is 176 Å². The quantitative estimate of drug-likeness (QED) is 0.463. The number of nitrogens with zero attached hydrogens (tertiary/aromatic N) is 3. The summed E-state index contributed by atoms with van der Waals surface area (Å²) < 4.78 is 41.6. The number of halogens is 3. The maximum atomic E-state index is 13.6. The second-order valence-corrected chi connectivity index (χ2v) is 6.76. The van der Waals surface area contributed by atoms with Crippen LogP contribution in [-0.4, -0.2) is 40.1 Å². The summed E-state index contributed by atoms with van der Waals surface area (Å²) in [5.41, 5.74) is 1.28. The normalized spacial score (nSPS) is 11.0. The van der Waals surface area contributed by atoms with Crippen LogP contribution in [0.2, 0.25) is 0 Å². The van der Waals surface area contributed by atoms with Crippen molar-refractivity contribution in [1.82, 2.24) is 14.7 Å². The number of carbonyl (C=O) groups excluding carboxylic acids is 2. The summed E-state index contributed by atoms with van der Waals surface area (Å²) in [7, 11) is 1.38. The summed E-state index contributed by atoms with van der Waals surface area (Å²) in [5.74, 6) is -5.78. The fourth-order valence-electron chi connectivity index (χ4n) is 2.72. The maximum absolute atomic E-state index is 13.6. The Balaban J connectivity index is 1.54. The van der Waals surface area contributed by atoms with Gasteiger partial charge in [0.1, 0.15) is 0 Å². The van der Waals surface area contributed by atoms with Crippen molar-refractivity contribution < 1.29 is 22.8 Å². The van der Waals surface area contributed by atoms with Crippen LogP contribution in [0.1, 0.15) is 11.1 Å². The fraction of sp³-hybridized carbons (Fsp3) is 0.136. The van der Waals surface area contributed by atoms with Gasteiger partial charge in [0.05, 0.1) is 25.0 Å². The largest absolute Gasteiger partial charge is 0.333 e.